The molecule has 0 saturated heterocycles. The molecular formula is C17H17N3O2S. The lowest BCUT2D eigenvalue weighted by Crippen LogP contribution is -2.14. The minimum Gasteiger partial charge on any atom is -0.460 e. The van der Waals surface area contributed by atoms with E-state index in [-0.39, 0.29) is 5.91 Å². The molecule has 0 aliphatic heterocycles. The predicted octanol–water partition coefficient (Wildman–Crippen LogP) is 4.03. The van der Waals surface area contributed by atoms with Crippen molar-refractivity contribution in [1.82, 2.24) is 4.98 Å². The first-order chi connectivity index (χ1) is 11.0. The normalized spacial score (nSPS) is 10.6. The third kappa shape index (κ3) is 3.43. The molecule has 6 heteroatoms. The van der Waals surface area contributed by atoms with Crippen LogP contribution in [0.3, 0.4) is 0 Å². The molecule has 0 radical (unpaired) electrons. The van der Waals surface area contributed by atoms with Crippen LogP contribution in [0.5, 0.6) is 0 Å². The molecule has 0 aliphatic carbocycles. The van der Waals surface area contributed by atoms with Gasteiger partial charge in [-0.25, -0.2) is 4.98 Å². The van der Waals surface area contributed by atoms with E-state index in [1.807, 2.05) is 61.6 Å². The molecule has 3 rings (SSSR count). The average Bonchev–Trinajstić information content (AvgIpc) is 3.16. The van der Waals surface area contributed by atoms with Crippen molar-refractivity contribution in [1.29, 1.82) is 0 Å². The van der Waals surface area contributed by atoms with Crippen LogP contribution in [0.4, 0.5) is 10.8 Å². The summed E-state index contributed by atoms with van der Waals surface area (Å²) in [5.74, 6) is 1.36. The van der Waals surface area contributed by atoms with E-state index in [1.165, 1.54) is 11.3 Å². The fourth-order valence-electron chi connectivity index (χ4n) is 2.11. The molecule has 0 unspecified atom stereocenters. The second kappa shape index (κ2) is 6.26. The maximum Gasteiger partial charge on any atom is 0.257 e. The molecule has 0 spiro atoms. The molecule has 1 aromatic carbocycles. The molecule has 2 heterocycles. The standard InChI is InChI=1S/C17H17N3O2S/c1-11-7-8-15(22-11)14-10-23-17(18-14)19-16(21)12-5-4-6-13(9-12)20(2)3/h4-10H,1-3H3,(H,18,19,21). The van der Waals surface area contributed by atoms with Gasteiger partial charge in [-0.1, -0.05) is 6.07 Å². The Morgan fingerprint density at radius 2 is 2.09 bits per heavy atom. The van der Waals surface area contributed by atoms with Gasteiger partial charge in [0, 0.05) is 30.7 Å². The molecule has 0 atom stereocenters. The summed E-state index contributed by atoms with van der Waals surface area (Å²) in [5.41, 5.74) is 2.30. The lowest BCUT2D eigenvalue weighted by atomic mass is 10.2. The lowest BCUT2D eigenvalue weighted by Gasteiger charge is -2.13. The lowest BCUT2D eigenvalue weighted by molar-refractivity contribution is 0.102. The van der Waals surface area contributed by atoms with Gasteiger partial charge in [-0.15, -0.1) is 11.3 Å². The van der Waals surface area contributed by atoms with E-state index in [9.17, 15) is 4.79 Å². The van der Waals surface area contributed by atoms with Crippen molar-refractivity contribution >= 4 is 28.1 Å². The maximum absolute atomic E-state index is 12.4. The van der Waals surface area contributed by atoms with Crippen LogP contribution < -0.4 is 10.2 Å². The number of rotatable bonds is 4. The van der Waals surface area contributed by atoms with Crippen LogP contribution in [0.25, 0.3) is 11.5 Å². The van der Waals surface area contributed by atoms with Gasteiger partial charge in [0.1, 0.15) is 11.5 Å². The van der Waals surface area contributed by atoms with Gasteiger partial charge in [0.2, 0.25) is 0 Å². The summed E-state index contributed by atoms with van der Waals surface area (Å²) in [6.45, 7) is 1.89. The maximum atomic E-state index is 12.4. The molecule has 0 aliphatic rings. The number of anilines is 2. The number of hydrogen-bond acceptors (Lipinski definition) is 5. The fourth-order valence-corrected chi connectivity index (χ4v) is 2.81. The van der Waals surface area contributed by atoms with E-state index >= 15 is 0 Å². The van der Waals surface area contributed by atoms with E-state index in [0.29, 0.717) is 16.5 Å². The van der Waals surface area contributed by atoms with Crippen LogP contribution >= 0.6 is 11.3 Å². The number of hydrogen-bond donors (Lipinski definition) is 1. The van der Waals surface area contributed by atoms with Crippen LogP contribution in [0, 0.1) is 6.92 Å². The number of carbonyl (C=O) groups is 1. The Morgan fingerprint density at radius 3 is 2.78 bits per heavy atom. The first kappa shape index (κ1) is 15.3. The zero-order valence-electron chi connectivity index (χ0n) is 13.2. The molecule has 118 valence electrons. The van der Waals surface area contributed by atoms with Crippen LogP contribution in [0.1, 0.15) is 16.1 Å². The van der Waals surface area contributed by atoms with Crippen molar-refractivity contribution in [2.45, 2.75) is 6.92 Å². The van der Waals surface area contributed by atoms with Crippen LogP contribution in [0.15, 0.2) is 46.2 Å². The minimum atomic E-state index is -0.176. The number of aromatic nitrogens is 1. The summed E-state index contributed by atoms with van der Waals surface area (Å²) in [5, 5.41) is 5.25. The zero-order valence-corrected chi connectivity index (χ0v) is 14.0. The quantitative estimate of drug-likeness (QED) is 0.786. The number of aryl methyl sites for hydroxylation is 1. The number of carbonyl (C=O) groups excluding carboxylic acids is 1. The Kier molecular flexibility index (Phi) is 4.16. The summed E-state index contributed by atoms with van der Waals surface area (Å²) >= 11 is 1.37. The first-order valence-corrected chi connectivity index (χ1v) is 8.02. The van der Waals surface area contributed by atoms with E-state index in [4.69, 9.17) is 4.42 Å². The molecule has 1 amide bonds. The summed E-state index contributed by atoms with van der Waals surface area (Å²) in [7, 11) is 3.88. The number of benzene rings is 1. The van der Waals surface area contributed by atoms with Crippen molar-refractivity contribution < 1.29 is 9.21 Å². The van der Waals surface area contributed by atoms with Crippen molar-refractivity contribution in [3.8, 4) is 11.5 Å². The molecule has 0 bridgehead atoms. The van der Waals surface area contributed by atoms with Gasteiger partial charge in [0.05, 0.1) is 0 Å². The second-order valence-electron chi connectivity index (χ2n) is 5.35. The average molecular weight is 327 g/mol. The second-order valence-corrected chi connectivity index (χ2v) is 6.21. The van der Waals surface area contributed by atoms with Gasteiger partial charge in [0.25, 0.3) is 5.91 Å². The molecule has 2 aromatic heterocycles. The van der Waals surface area contributed by atoms with E-state index in [0.717, 1.165) is 17.1 Å². The third-order valence-electron chi connectivity index (χ3n) is 3.34. The van der Waals surface area contributed by atoms with E-state index in [2.05, 4.69) is 10.3 Å². The highest BCUT2D eigenvalue weighted by atomic mass is 32.1. The van der Waals surface area contributed by atoms with Crippen molar-refractivity contribution in [3.63, 3.8) is 0 Å². The van der Waals surface area contributed by atoms with Crippen molar-refractivity contribution in [3.05, 3.63) is 53.1 Å². The van der Waals surface area contributed by atoms with Crippen molar-refractivity contribution in [2.24, 2.45) is 0 Å². The number of nitrogens with zero attached hydrogens (tertiary/aromatic N) is 2. The van der Waals surface area contributed by atoms with Crippen LogP contribution in [-0.4, -0.2) is 25.0 Å². The number of furan rings is 1. The predicted molar refractivity (Wildman–Crippen MR) is 93.3 cm³/mol. The zero-order chi connectivity index (χ0) is 16.4. The highest BCUT2D eigenvalue weighted by Crippen LogP contribution is 2.26. The Labute approximate surface area is 138 Å². The molecule has 0 fully saturated rings. The highest BCUT2D eigenvalue weighted by molar-refractivity contribution is 7.14. The number of amides is 1. The molecule has 0 saturated carbocycles. The Balaban J connectivity index is 1.76. The summed E-state index contributed by atoms with van der Waals surface area (Å²) in [4.78, 5) is 18.7. The third-order valence-corrected chi connectivity index (χ3v) is 4.10. The summed E-state index contributed by atoms with van der Waals surface area (Å²) < 4.78 is 5.54. The largest absolute Gasteiger partial charge is 0.460 e. The smallest absolute Gasteiger partial charge is 0.257 e. The fraction of sp³-hybridized carbons (Fsp3) is 0.176. The number of nitrogens with one attached hydrogen (secondary N) is 1. The van der Waals surface area contributed by atoms with Gasteiger partial charge < -0.3 is 9.32 Å². The summed E-state index contributed by atoms with van der Waals surface area (Å²) in [6, 6.07) is 11.2. The summed E-state index contributed by atoms with van der Waals surface area (Å²) in [6.07, 6.45) is 0. The van der Waals surface area contributed by atoms with Gasteiger partial charge in [-0.05, 0) is 37.3 Å². The molecule has 23 heavy (non-hydrogen) atoms. The Morgan fingerprint density at radius 1 is 1.26 bits per heavy atom. The number of thiazole rings is 1. The molecule has 5 nitrogen and oxygen atoms in total. The molecule has 1 N–H and O–H groups in total. The van der Waals surface area contributed by atoms with E-state index < -0.39 is 0 Å². The molecular weight excluding hydrogens is 310 g/mol. The Hall–Kier alpha value is -2.60. The van der Waals surface area contributed by atoms with Crippen LogP contribution in [0.2, 0.25) is 0 Å². The Bertz CT molecular complexity index is 836. The minimum absolute atomic E-state index is 0.176. The van der Waals surface area contributed by atoms with Gasteiger partial charge in [-0.2, -0.15) is 0 Å². The first-order valence-electron chi connectivity index (χ1n) is 7.14. The monoisotopic (exact) mass is 327 g/mol. The molecule has 3 aromatic rings. The van der Waals surface area contributed by atoms with Gasteiger partial charge in [-0.3, -0.25) is 10.1 Å². The van der Waals surface area contributed by atoms with Crippen molar-refractivity contribution in [2.75, 3.05) is 24.3 Å². The SMILES string of the molecule is Cc1ccc(-c2csc(NC(=O)c3cccc(N(C)C)c3)n2)o1. The van der Waals surface area contributed by atoms with Crippen LogP contribution in [-0.2, 0) is 0 Å². The van der Waals surface area contributed by atoms with E-state index in [1.54, 1.807) is 6.07 Å². The topological polar surface area (TPSA) is 58.4 Å². The highest BCUT2D eigenvalue weighted by Gasteiger charge is 2.12. The van der Waals surface area contributed by atoms with Gasteiger partial charge in [0.15, 0.2) is 10.9 Å². The van der Waals surface area contributed by atoms with Gasteiger partial charge >= 0.3 is 0 Å².